The Bertz CT molecular complexity index is 1340. The number of ether oxygens (including phenoxy) is 2. The van der Waals surface area contributed by atoms with Gasteiger partial charge in [0.15, 0.2) is 5.65 Å². The molecule has 6 nitrogen and oxygen atoms in total. The number of hydrogen-bond donors (Lipinski definition) is 0. The van der Waals surface area contributed by atoms with Gasteiger partial charge in [0.2, 0.25) is 0 Å². The van der Waals surface area contributed by atoms with Crippen LogP contribution in [0.1, 0.15) is 40.9 Å². The Labute approximate surface area is 193 Å². The first kappa shape index (κ1) is 20.2. The van der Waals surface area contributed by atoms with Crippen molar-refractivity contribution >= 4 is 11.5 Å². The number of nitrogens with zero attached hydrogens (tertiary/aromatic N) is 4. The van der Waals surface area contributed by atoms with Gasteiger partial charge in [0, 0.05) is 23.7 Å². The van der Waals surface area contributed by atoms with Gasteiger partial charge < -0.3 is 14.4 Å². The molecule has 1 saturated carbocycles. The molecule has 1 aliphatic carbocycles. The monoisotopic (exact) mass is 440 g/mol. The van der Waals surface area contributed by atoms with Crippen molar-refractivity contribution in [3.8, 4) is 16.9 Å². The molecule has 2 aromatic carbocycles. The van der Waals surface area contributed by atoms with Crippen molar-refractivity contribution in [2.75, 3.05) is 12.0 Å². The van der Waals surface area contributed by atoms with E-state index in [2.05, 4.69) is 65.7 Å². The molecule has 2 aliphatic rings. The van der Waals surface area contributed by atoms with Gasteiger partial charge in [0.05, 0.1) is 31.7 Å². The van der Waals surface area contributed by atoms with Crippen LogP contribution in [-0.4, -0.2) is 27.7 Å². The SMILES string of the molecule is COc1ccc(-c2c(C)nn3c(N(Cc4ccccc4)C4CC4)c4c(nc23)COC4)c(C)c1. The van der Waals surface area contributed by atoms with E-state index < -0.39 is 0 Å². The van der Waals surface area contributed by atoms with Crippen LogP contribution < -0.4 is 9.64 Å². The average Bonchev–Trinajstić information content (AvgIpc) is 3.48. The van der Waals surface area contributed by atoms with Crippen molar-refractivity contribution in [3.05, 3.63) is 76.6 Å². The van der Waals surface area contributed by atoms with Gasteiger partial charge in [-0.25, -0.2) is 4.98 Å². The van der Waals surface area contributed by atoms with Gasteiger partial charge in [-0.1, -0.05) is 36.4 Å². The lowest BCUT2D eigenvalue weighted by Gasteiger charge is -2.27. The number of hydrogen-bond acceptors (Lipinski definition) is 5. The predicted molar refractivity (Wildman–Crippen MR) is 129 cm³/mol. The standard InChI is InChI=1S/C27H28N4O2/c1-17-13-21(32-3)11-12-22(17)25-18(2)29-31-26(25)28-24-16-33-15-23(24)27(31)30(20-9-10-20)14-19-7-5-4-6-8-19/h4-8,11-13,20H,9-10,14-16H2,1-3H3. The van der Waals surface area contributed by atoms with Crippen LogP contribution in [0.4, 0.5) is 5.82 Å². The maximum absolute atomic E-state index is 5.88. The first-order valence-corrected chi connectivity index (χ1v) is 11.6. The third kappa shape index (κ3) is 3.45. The Morgan fingerprint density at radius 1 is 1.09 bits per heavy atom. The molecule has 1 aliphatic heterocycles. The molecule has 4 aromatic rings. The lowest BCUT2D eigenvalue weighted by molar-refractivity contribution is 0.133. The maximum atomic E-state index is 5.88. The minimum absolute atomic E-state index is 0.524. The summed E-state index contributed by atoms with van der Waals surface area (Å²) in [6.07, 6.45) is 2.41. The normalized spacial score (nSPS) is 15.1. The molecule has 0 radical (unpaired) electrons. The molecule has 168 valence electrons. The summed E-state index contributed by atoms with van der Waals surface area (Å²) in [5.41, 5.74) is 8.77. The highest BCUT2D eigenvalue weighted by Crippen LogP contribution is 2.41. The summed E-state index contributed by atoms with van der Waals surface area (Å²) in [6, 6.07) is 17.4. The lowest BCUT2D eigenvalue weighted by atomic mass is 10.0. The fraction of sp³-hybridized carbons (Fsp3) is 0.333. The number of anilines is 1. The van der Waals surface area contributed by atoms with Gasteiger partial charge in [0.25, 0.3) is 0 Å². The molecule has 6 rings (SSSR count). The molecular formula is C27H28N4O2. The highest BCUT2D eigenvalue weighted by molar-refractivity contribution is 5.83. The van der Waals surface area contributed by atoms with Crippen LogP contribution in [0, 0.1) is 13.8 Å². The molecule has 0 spiro atoms. The molecule has 6 heteroatoms. The van der Waals surface area contributed by atoms with E-state index >= 15 is 0 Å². The molecular weight excluding hydrogens is 412 g/mol. The van der Waals surface area contributed by atoms with Gasteiger partial charge in [-0.2, -0.15) is 9.61 Å². The van der Waals surface area contributed by atoms with Crippen molar-refractivity contribution in [1.82, 2.24) is 14.6 Å². The molecule has 0 atom stereocenters. The summed E-state index contributed by atoms with van der Waals surface area (Å²) in [7, 11) is 1.70. The van der Waals surface area contributed by atoms with E-state index in [9.17, 15) is 0 Å². The van der Waals surface area contributed by atoms with E-state index in [1.54, 1.807) is 7.11 Å². The highest BCUT2D eigenvalue weighted by atomic mass is 16.5. The Morgan fingerprint density at radius 2 is 1.91 bits per heavy atom. The number of aromatic nitrogens is 3. The number of fused-ring (bicyclic) bond motifs is 2. The van der Waals surface area contributed by atoms with E-state index in [-0.39, 0.29) is 0 Å². The first-order valence-electron chi connectivity index (χ1n) is 11.6. The average molecular weight is 441 g/mol. The fourth-order valence-electron chi connectivity index (χ4n) is 4.93. The maximum Gasteiger partial charge on any atom is 0.165 e. The van der Waals surface area contributed by atoms with Crippen LogP contribution in [0.3, 0.4) is 0 Å². The summed E-state index contributed by atoms with van der Waals surface area (Å²) in [6.45, 7) is 6.18. The van der Waals surface area contributed by atoms with Crippen molar-refractivity contribution in [1.29, 1.82) is 0 Å². The topological polar surface area (TPSA) is 51.9 Å². The summed E-state index contributed by atoms with van der Waals surface area (Å²) in [4.78, 5) is 7.61. The van der Waals surface area contributed by atoms with E-state index in [4.69, 9.17) is 19.6 Å². The molecule has 1 fully saturated rings. The molecule has 2 aromatic heterocycles. The summed E-state index contributed by atoms with van der Waals surface area (Å²) in [5.74, 6) is 2.00. The second-order valence-electron chi connectivity index (χ2n) is 9.07. The van der Waals surface area contributed by atoms with Crippen LogP contribution in [0.5, 0.6) is 5.75 Å². The molecule has 0 unspecified atom stereocenters. The minimum Gasteiger partial charge on any atom is -0.497 e. The number of aryl methyl sites for hydroxylation is 2. The van der Waals surface area contributed by atoms with Gasteiger partial charge in [-0.3, -0.25) is 0 Å². The number of benzene rings is 2. The van der Waals surface area contributed by atoms with Crippen LogP contribution >= 0.6 is 0 Å². The highest BCUT2D eigenvalue weighted by Gasteiger charge is 2.35. The second-order valence-corrected chi connectivity index (χ2v) is 9.07. The molecule has 0 bridgehead atoms. The predicted octanol–water partition coefficient (Wildman–Crippen LogP) is 5.22. The second kappa shape index (κ2) is 7.89. The first-order chi connectivity index (χ1) is 16.1. The Kier molecular flexibility index (Phi) is 4.84. The third-order valence-electron chi connectivity index (χ3n) is 6.74. The lowest BCUT2D eigenvalue weighted by Crippen LogP contribution is -2.29. The number of rotatable bonds is 6. The Morgan fingerprint density at radius 3 is 2.64 bits per heavy atom. The van der Waals surface area contributed by atoms with E-state index in [0.717, 1.165) is 51.8 Å². The molecule has 0 N–H and O–H groups in total. The van der Waals surface area contributed by atoms with Crippen molar-refractivity contribution < 1.29 is 9.47 Å². The van der Waals surface area contributed by atoms with Crippen LogP contribution in [0.2, 0.25) is 0 Å². The summed E-state index contributed by atoms with van der Waals surface area (Å²) >= 11 is 0. The smallest absolute Gasteiger partial charge is 0.165 e. The van der Waals surface area contributed by atoms with Crippen LogP contribution in [0.25, 0.3) is 16.8 Å². The summed E-state index contributed by atoms with van der Waals surface area (Å²) in [5, 5.41) is 5.05. The van der Waals surface area contributed by atoms with Gasteiger partial charge in [0.1, 0.15) is 11.6 Å². The Balaban J connectivity index is 1.56. The van der Waals surface area contributed by atoms with Crippen LogP contribution in [-0.2, 0) is 24.5 Å². The van der Waals surface area contributed by atoms with Gasteiger partial charge >= 0.3 is 0 Å². The quantitative estimate of drug-likeness (QED) is 0.411. The molecule has 0 saturated heterocycles. The zero-order chi connectivity index (χ0) is 22.5. The number of methoxy groups -OCH3 is 1. The van der Waals surface area contributed by atoms with E-state index in [0.29, 0.717) is 19.3 Å². The van der Waals surface area contributed by atoms with E-state index in [1.807, 2.05) is 6.07 Å². The largest absolute Gasteiger partial charge is 0.497 e. The third-order valence-corrected chi connectivity index (χ3v) is 6.74. The fourth-order valence-corrected chi connectivity index (χ4v) is 4.93. The van der Waals surface area contributed by atoms with E-state index in [1.165, 1.54) is 24.0 Å². The zero-order valence-electron chi connectivity index (χ0n) is 19.3. The summed E-state index contributed by atoms with van der Waals surface area (Å²) < 4.78 is 13.4. The molecule has 3 heterocycles. The molecule has 0 amide bonds. The zero-order valence-corrected chi connectivity index (χ0v) is 19.3. The Hall–Kier alpha value is -3.38. The minimum atomic E-state index is 0.524. The van der Waals surface area contributed by atoms with Crippen molar-refractivity contribution in [2.45, 2.75) is 52.5 Å². The van der Waals surface area contributed by atoms with Crippen molar-refractivity contribution in [2.24, 2.45) is 0 Å². The van der Waals surface area contributed by atoms with Crippen LogP contribution in [0.15, 0.2) is 48.5 Å². The van der Waals surface area contributed by atoms with Crippen molar-refractivity contribution in [3.63, 3.8) is 0 Å². The molecule has 33 heavy (non-hydrogen) atoms. The van der Waals surface area contributed by atoms with Gasteiger partial charge in [-0.15, -0.1) is 0 Å². The van der Waals surface area contributed by atoms with Gasteiger partial charge in [-0.05, 0) is 55.5 Å².